The maximum absolute atomic E-state index is 5.56. The summed E-state index contributed by atoms with van der Waals surface area (Å²) in [6.45, 7) is 1.71. The number of furan rings is 1. The minimum atomic E-state index is 0.370. The first-order chi connectivity index (χ1) is 11.7. The Kier molecular flexibility index (Phi) is 4.03. The highest BCUT2D eigenvalue weighted by Crippen LogP contribution is 2.31. The van der Waals surface area contributed by atoms with Gasteiger partial charge in [0.05, 0.1) is 12.9 Å². The molecule has 0 amide bonds. The molecule has 124 valence electrons. The highest BCUT2D eigenvalue weighted by molar-refractivity contribution is 7.71. The number of rotatable bonds is 4. The second kappa shape index (κ2) is 6.33. The molecule has 1 aliphatic rings. The fourth-order valence-corrected chi connectivity index (χ4v) is 3.50. The molecule has 0 saturated carbocycles. The van der Waals surface area contributed by atoms with E-state index in [2.05, 4.69) is 21.0 Å². The van der Waals surface area contributed by atoms with Crippen molar-refractivity contribution in [2.75, 3.05) is 6.54 Å². The van der Waals surface area contributed by atoms with E-state index in [1.54, 1.807) is 6.26 Å². The Morgan fingerprint density at radius 3 is 3.00 bits per heavy atom. The molecule has 6 nitrogen and oxygen atoms in total. The van der Waals surface area contributed by atoms with E-state index in [0.717, 1.165) is 24.6 Å². The molecular formula is C17H19N5OS. The summed E-state index contributed by atoms with van der Waals surface area (Å²) in [6.07, 6.45) is 7.72. The second-order valence-corrected chi connectivity index (χ2v) is 6.41. The van der Waals surface area contributed by atoms with Crippen LogP contribution in [0.3, 0.4) is 0 Å². The van der Waals surface area contributed by atoms with Crippen molar-refractivity contribution in [1.29, 1.82) is 0 Å². The van der Waals surface area contributed by atoms with E-state index in [-0.39, 0.29) is 0 Å². The van der Waals surface area contributed by atoms with Crippen molar-refractivity contribution in [2.45, 2.75) is 25.6 Å². The van der Waals surface area contributed by atoms with Gasteiger partial charge in [-0.05, 0) is 48.8 Å². The van der Waals surface area contributed by atoms with Gasteiger partial charge in [-0.15, -0.1) is 5.10 Å². The van der Waals surface area contributed by atoms with Gasteiger partial charge in [0.1, 0.15) is 0 Å². The monoisotopic (exact) mass is 341 g/mol. The standard InChI is InChI=1S/C17H19N5OS/c1-20-16(15-7-4-10-23-15)19-22(17(20)24)12-21-9-3-6-14(21)13-5-2-8-18-11-13/h2,4-5,7-8,10-11,14H,3,6,9,12H2,1H3. The normalized spacial score (nSPS) is 18.3. The molecule has 4 heterocycles. The second-order valence-electron chi connectivity index (χ2n) is 6.04. The van der Waals surface area contributed by atoms with Crippen LogP contribution in [0.25, 0.3) is 11.6 Å². The molecule has 3 aromatic rings. The molecule has 0 N–H and O–H groups in total. The van der Waals surface area contributed by atoms with Gasteiger partial charge in [-0.3, -0.25) is 9.88 Å². The first-order valence-corrected chi connectivity index (χ1v) is 8.46. The summed E-state index contributed by atoms with van der Waals surface area (Å²) in [5.74, 6) is 1.48. The molecule has 0 radical (unpaired) electrons. The molecule has 1 aliphatic heterocycles. The van der Waals surface area contributed by atoms with Crippen molar-refractivity contribution in [2.24, 2.45) is 7.05 Å². The van der Waals surface area contributed by atoms with Gasteiger partial charge in [-0.1, -0.05) is 6.07 Å². The van der Waals surface area contributed by atoms with Crippen LogP contribution in [0.15, 0.2) is 47.3 Å². The Balaban J connectivity index is 1.61. The van der Waals surface area contributed by atoms with E-state index in [1.165, 1.54) is 12.0 Å². The third kappa shape index (κ3) is 2.70. The van der Waals surface area contributed by atoms with E-state index in [1.807, 2.05) is 46.9 Å². The Labute approximate surface area is 145 Å². The zero-order valence-electron chi connectivity index (χ0n) is 13.5. The summed E-state index contributed by atoms with van der Waals surface area (Å²) in [5, 5.41) is 4.67. The molecule has 3 aromatic heterocycles. The van der Waals surface area contributed by atoms with Crippen LogP contribution in [0, 0.1) is 4.77 Å². The zero-order chi connectivity index (χ0) is 16.5. The number of hydrogen-bond donors (Lipinski definition) is 0. The summed E-state index contributed by atoms with van der Waals surface area (Å²) >= 11 is 5.56. The van der Waals surface area contributed by atoms with Crippen LogP contribution in [0.1, 0.15) is 24.4 Å². The number of pyridine rings is 1. The van der Waals surface area contributed by atoms with Gasteiger partial charge in [0.2, 0.25) is 0 Å². The third-order valence-electron chi connectivity index (χ3n) is 4.53. The number of likely N-dealkylation sites (tertiary alicyclic amines) is 1. The molecule has 1 saturated heterocycles. The van der Waals surface area contributed by atoms with Crippen LogP contribution >= 0.6 is 12.2 Å². The molecule has 0 spiro atoms. The fourth-order valence-electron chi connectivity index (χ4n) is 3.32. The molecule has 0 aromatic carbocycles. The summed E-state index contributed by atoms with van der Waals surface area (Å²) in [4.78, 5) is 6.66. The Bertz CT molecular complexity index is 868. The average molecular weight is 341 g/mol. The Morgan fingerprint density at radius 1 is 1.33 bits per heavy atom. The van der Waals surface area contributed by atoms with Crippen molar-refractivity contribution in [3.63, 3.8) is 0 Å². The number of nitrogens with zero attached hydrogens (tertiary/aromatic N) is 5. The van der Waals surface area contributed by atoms with E-state index < -0.39 is 0 Å². The van der Waals surface area contributed by atoms with Gasteiger partial charge >= 0.3 is 0 Å². The van der Waals surface area contributed by atoms with Crippen molar-refractivity contribution in [3.05, 3.63) is 53.3 Å². The van der Waals surface area contributed by atoms with Crippen molar-refractivity contribution in [1.82, 2.24) is 24.2 Å². The van der Waals surface area contributed by atoms with Crippen LogP contribution < -0.4 is 0 Å². The third-order valence-corrected chi connectivity index (χ3v) is 5.02. The predicted molar refractivity (Wildman–Crippen MR) is 92.7 cm³/mol. The molecule has 0 aliphatic carbocycles. The van der Waals surface area contributed by atoms with Crippen molar-refractivity contribution >= 4 is 12.2 Å². The highest BCUT2D eigenvalue weighted by atomic mass is 32.1. The van der Waals surface area contributed by atoms with Gasteiger partial charge in [-0.25, -0.2) is 4.68 Å². The number of hydrogen-bond acceptors (Lipinski definition) is 5. The molecule has 4 rings (SSSR count). The van der Waals surface area contributed by atoms with E-state index in [0.29, 0.717) is 17.5 Å². The Morgan fingerprint density at radius 2 is 2.25 bits per heavy atom. The topological polar surface area (TPSA) is 52.0 Å². The molecular weight excluding hydrogens is 322 g/mol. The lowest BCUT2D eigenvalue weighted by Crippen LogP contribution is -2.27. The first kappa shape index (κ1) is 15.3. The van der Waals surface area contributed by atoms with Crippen LogP contribution in [0.2, 0.25) is 0 Å². The quantitative estimate of drug-likeness (QED) is 0.681. The minimum Gasteiger partial charge on any atom is -0.461 e. The van der Waals surface area contributed by atoms with E-state index >= 15 is 0 Å². The summed E-state index contributed by atoms with van der Waals surface area (Å²) in [6, 6.07) is 8.26. The number of aromatic nitrogens is 4. The first-order valence-electron chi connectivity index (χ1n) is 8.06. The lowest BCUT2D eigenvalue weighted by atomic mass is 10.1. The zero-order valence-corrected chi connectivity index (χ0v) is 14.3. The lowest BCUT2D eigenvalue weighted by Gasteiger charge is -2.24. The van der Waals surface area contributed by atoms with Gasteiger partial charge in [0.25, 0.3) is 0 Å². The van der Waals surface area contributed by atoms with Gasteiger partial charge in [-0.2, -0.15) is 0 Å². The van der Waals surface area contributed by atoms with Crippen molar-refractivity contribution in [3.8, 4) is 11.6 Å². The molecule has 1 fully saturated rings. The molecule has 24 heavy (non-hydrogen) atoms. The molecule has 1 unspecified atom stereocenters. The highest BCUT2D eigenvalue weighted by Gasteiger charge is 2.27. The molecule has 0 bridgehead atoms. The smallest absolute Gasteiger partial charge is 0.199 e. The average Bonchev–Trinajstić information content (AvgIpc) is 3.34. The minimum absolute atomic E-state index is 0.370. The predicted octanol–water partition coefficient (Wildman–Crippen LogP) is 3.40. The summed E-state index contributed by atoms with van der Waals surface area (Å²) < 4.78 is 9.93. The Hall–Kier alpha value is -2.25. The van der Waals surface area contributed by atoms with E-state index in [4.69, 9.17) is 16.6 Å². The maximum atomic E-state index is 5.56. The van der Waals surface area contributed by atoms with Gasteiger partial charge in [0.15, 0.2) is 16.4 Å². The lowest BCUT2D eigenvalue weighted by molar-refractivity contribution is 0.189. The fraction of sp³-hybridized carbons (Fsp3) is 0.353. The molecule has 1 atom stereocenters. The van der Waals surface area contributed by atoms with Crippen LogP contribution in [0.4, 0.5) is 0 Å². The van der Waals surface area contributed by atoms with Gasteiger partial charge < -0.3 is 8.98 Å². The largest absolute Gasteiger partial charge is 0.461 e. The summed E-state index contributed by atoms with van der Waals surface area (Å²) in [7, 11) is 1.92. The molecule has 7 heteroatoms. The van der Waals surface area contributed by atoms with Crippen LogP contribution in [0.5, 0.6) is 0 Å². The SMILES string of the molecule is Cn1c(-c2ccco2)nn(CN2CCCC2c2cccnc2)c1=S. The summed E-state index contributed by atoms with van der Waals surface area (Å²) in [5.41, 5.74) is 1.25. The van der Waals surface area contributed by atoms with Crippen LogP contribution in [-0.4, -0.2) is 30.8 Å². The van der Waals surface area contributed by atoms with Crippen molar-refractivity contribution < 1.29 is 4.42 Å². The van der Waals surface area contributed by atoms with Crippen LogP contribution in [-0.2, 0) is 13.7 Å². The maximum Gasteiger partial charge on any atom is 0.199 e. The van der Waals surface area contributed by atoms with Gasteiger partial charge in [0, 0.05) is 32.0 Å². The van der Waals surface area contributed by atoms with E-state index in [9.17, 15) is 0 Å².